The maximum absolute atomic E-state index is 13.0. The summed E-state index contributed by atoms with van der Waals surface area (Å²) >= 11 is 24.9. The van der Waals surface area contributed by atoms with Gasteiger partial charge in [0.05, 0.1) is 20.1 Å². The largest absolute Gasteiger partial charge is 0.508 e. The highest BCUT2D eigenvalue weighted by Gasteiger charge is 2.51. The molecule has 0 bridgehead atoms. The maximum atomic E-state index is 13.0. The first-order valence-corrected chi connectivity index (χ1v) is 10.8. The van der Waals surface area contributed by atoms with E-state index in [1.165, 1.54) is 36.4 Å². The fourth-order valence-corrected chi connectivity index (χ4v) is 5.54. The Morgan fingerprint density at radius 2 is 1.34 bits per heavy atom. The van der Waals surface area contributed by atoms with Crippen molar-refractivity contribution in [1.29, 1.82) is 0 Å². The summed E-state index contributed by atoms with van der Waals surface area (Å²) in [7, 11) is -5.11. The number of halogens is 4. The van der Waals surface area contributed by atoms with Crippen molar-refractivity contribution in [2.45, 2.75) is 4.75 Å². The Hall–Kier alpha value is -1.67. The summed E-state index contributed by atoms with van der Waals surface area (Å²) in [5.41, 5.74) is -0.530. The second-order valence-corrected chi connectivity index (χ2v) is 9.23. The molecule has 0 amide bonds. The average Bonchev–Trinajstić information content (AvgIpc) is 2.62. The molecule has 0 fully saturated rings. The molecule has 10 heteroatoms. The summed E-state index contributed by atoms with van der Waals surface area (Å²) in [5.74, 6) is -0.684. The molecule has 3 aromatic carbocycles. The van der Waals surface area contributed by atoms with Crippen LogP contribution in [0.2, 0.25) is 20.1 Å². The second kappa shape index (κ2) is 7.87. The van der Waals surface area contributed by atoms with E-state index in [0.717, 1.165) is 18.2 Å². The van der Waals surface area contributed by atoms with Crippen LogP contribution in [0.3, 0.4) is 0 Å². The Balaban J connectivity index is 2.65. The van der Waals surface area contributed by atoms with Crippen molar-refractivity contribution in [2.24, 2.45) is 0 Å². The zero-order chi connectivity index (χ0) is 21.6. The average molecular weight is 494 g/mol. The summed E-state index contributed by atoms with van der Waals surface area (Å²) in [5, 5.41) is 19.5. The van der Waals surface area contributed by atoms with Gasteiger partial charge in [-0.3, -0.25) is 4.55 Å². The van der Waals surface area contributed by atoms with Crippen molar-refractivity contribution in [3.05, 3.63) is 91.4 Å². The van der Waals surface area contributed by atoms with Gasteiger partial charge in [0.2, 0.25) is 0 Å². The first-order valence-electron chi connectivity index (χ1n) is 7.89. The van der Waals surface area contributed by atoms with Crippen molar-refractivity contribution in [3.63, 3.8) is 0 Å². The van der Waals surface area contributed by atoms with Crippen molar-refractivity contribution >= 4 is 56.5 Å². The van der Waals surface area contributed by atoms with Crippen molar-refractivity contribution in [2.75, 3.05) is 0 Å². The minimum Gasteiger partial charge on any atom is -0.508 e. The van der Waals surface area contributed by atoms with Crippen molar-refractivity contribution < 1.29 is 23.2 Å². The molecule has 5 nitrogen and oxygen atoms in total. The smallest absolute Gasteiger partial charge is 0.283 e. The third kappa shape index (κ3) is 3.65. The van der Waals surface area contributed by atoms with Crippen LogP contribution >= 0.6 is 46.4 Å². The molecular formula is C19H12Cl4O5S. The number of rotatable bonds is 4. The van der Waals surface area contributed by atoms with E-state index in [4.69, 9.17) is 46.4 Å². The molecule has 3 rings (SSSR count). The Morgan fingerprint density at radius 3 is 1.97 bits per heavy atom. The third-order valence-corrected chi connectivity index (χ3v) is 7.43. The molecule has 0 saturated carbocycles. The Bertz CT molecular complexity index is 1210. The summed E-state index contributed by atoms with van der Waals surface area (Å²) in [6, 6.07) is 11.5. The first kappa shape index (κ1) is 22.0. The molecule has 1 unspecified atom stereocenters. The van der Waals surface area contributed by atoms with E-state index < -0.39 is 20.6 Å². The van der Waals surface area contributed by atoms with Crippen LogP contribution in [0, 0.1) is 0 Å². The summed E-state index contributed by atoms with van der Waals surface area (Å²) in [6.45, 7) is 0. The maximum Gasteiger partial charge on any atom is 0.283 e. The SMILES string of the molecule is O=S(=O)(O)C(c1cccc(O)c1)(c1cccc(Cl)c1Cl)c1cc(O)cc(Cl)c1Cl. The van der Waals surface area contributed by atoms with Crippen LogP contribution in [0.5, 0.6) is 11.5 Å². The van der Waals surface area contributed by atoms with E-state index in [9.17, 15) is 23.2 Å². The van der Waals surface area contributed by atoms with Gasteiger partial charge in [-0.1, -0.05) is 70.7 Å². The second-order valence-electron chi connectivity index (χ2n) is 6.10. The Morgan fingerprint density at radius 1 is 0.724 bits per heavy atom. The van der Waals surface area contributed by atoms with E-state index in [1.54, 1.807) is 0 Å². The Kier molecular flexibility index (Phi) is 5.98. The van der Waals surface area contributed by atoms with Crippen LogP contribution < -0.4 is 0 Å². The summed E-state index contributed by atoms with van der Waals surface area (Å²) in [6.07, 6.45) is 0. The molecule has 29 heavy (non-hydrogen) atoms. The first-order chi connectivity index (χ1) is 13.5. The molecule has 0 heterocycles. The third-order valence-electron chi connectivity index (χ3n) is 4.36. The van der Waals surface area contributed by atoms with Gasteiger partial charge >= 0.3 is 0 Å². The van der Waals surface area contributed by atoms with E-state index in [0.29, 0.717) is 0 Å². The van der Waals surface area contributed by atoms with Crippen molar-refractivity contribution in [1.82, 2.24) is 0 Å². The normalized spacial score (nSPS) is 13.8. The zero-order valence-corrected chi connectivity index (χ0v) is 18.1. The van der Waals surface area contributed by atoms with Gasteiger partial charge in [-0.25, -0.2) is 0 Å². The lowest BCUT2D eigenvalue weighted by molar-refractivity contribution is 0.455. The molecular weight excluding hydrogens is 482 g/mol. The summed E-state index contributed by atoms with van der Waals surface area (Å²) in [4.78, 5) is 0. The predicted octanol–water partition coefficient (Wildman–Crippen LogP) is 5.89. The van der Waals surface area contributed by atoms with Gasteiger partial charge in [-0.2, -0.15) is 8.42 Å². The van der Waals surface area contributed by atoms with E-state index >= 15 is 0 Å². The van der Waals surface area contributed by atoms with Gasteiger partial charge in [0.25, 0.3) is 10.1 Å². The fourth-order valence-electron chi connectivity index (χ4n) is 3.21. The van der Waals surface area contributed by atoms with E-state index in [2.05, 4.69) is 0 Å². The molecule has 0 aliphatic carbocycles. The number of phenolic OH excluding ortho intramolecular Hbond substituents is 2. The minimum absolute atomic E-state index is 0.0136. The molecule has 3 aromatic rings. The van der Waals surface area contributed by atoms with Crippen LogP contribution in [0.15, 0.2) is 54.6 Å². The molecule has 1 atom stereocenters. The number of aromatic hydroxyl groups is 2. The standard InChI is InChI=1S/C19H12Cl4O5S/c20-15-6-2-5-13(17(15)22)19(29(26,27)28,10-3-1-4-11(24)7-10)14-8-12(25)9-16(21)18(14)23/h1-9,24-25H,(H,26,27,28). The molecule has 3 N–H and O–H groups in total. The number of hydrogen-bond acceptors (Lipinski definition) is 4. The van der Waals surface area contributed by atoms with Gasteiger partial charge in [0, 0.05) is 17.2 Å². The minimum atomic E-state index is -5.11. The van der Waals surface area contributed by atoms with Crippen LogP contribution in [-0.2, 0) is 14.9 Å². The highest BCUT2D eigenvalue weighted by atomic mass is 35.5. The number of hydrogen-bond donors (Lipinski definition) is 3. The quantitative estimate of drug-likeness (QED) is 0.311. The van der Waals surface area contributed by atoms with Gasteiger partial charge < -0.3 is 10.2 Å². The topological polar surface area (TPSA) is 94.8 Å². The Labute approximate surface area is 186 Å². The van der Waals surface area contributed by atoms with Gasteiger partial charge in [0.15, 0.2) is 4.75 Å². The van der Waals surface area contributed by atoms with E-state index in [-0.39, 0.29) is 42.5 Å². The van der Waals surface area contributed by atoms with Gasteiger partial charge in [-0.05, 0) is 29.8 Å². The lowest BCUT2D eigenvalue weighted by Gasteiger charge is -2.34. The van der Waals surface area contributed by atoms with E-state index in [1.807, 2.05) is 0 Å². The number of benzene rings is 3. The molecule has 0 radical (unpaired) electrons. The van der Waals surface area contributed by atoms with Crippen molar-refractivity contribution in [3.8, 4) is 11.5 Å². The highest BCUT2D eigenvalue weighted by molar-refractivity contribution is 7.87. The summed E-state index contributed by atoms with van der Waals surface area (Å²) < 4.78 is 34.0. The predicted molar refractivity (Wildman–Crippen MR) is 114 cm³/mol. The molecule has 0 aliphatic rings. The monoisotopic (exact) mass is 492 g/mol. The van der Waals surface area contributed by atoms with Crippen LogP contribution in [0.25, 0.3) is 0 Å². The lowest BCUT2D eigenvalue weighted by Crippen LogP contribution is -2.39. The fraction of sp³-hybridized carbons (Fsp3) is 0.0526. The molecule has 0 spiro atoms. The number of phenols is 2. The van der Waals surface area contributed by atoms with Gasteiger partial charge in [0.1, 0.15) is 11.5 Å². The molecule has 0 aliphatic heterocycles. The van der Waals surface area contributed by atoms with Gasteiger partial charge in [-0.15, -0.1) is 0 Å². The molecule has 0 aromatic heterocycles. The molecule has 152 valence electrons. The van der Waals surface area contributed by atoms with Crippen LogP contribution in [-0.4, -0.2) is 23.2 Å². The van der Waals surface area contributed by atoms with Crippen LogP contribution in [0.1, 0.15) is 16.7 Å². The lowest BCUT2D eigenvalue weighted by atomic mass is 9.83. The van der Waals surface area contributed by atoms with Crippen LogP contribution in [0.4, 0.5) is 0 Å². The highest BCUT2D eigenvalue weighted by Crippen LogP contribution is 2.51. The molecule has 0 saturated heterocycles. The zero-order valence-electron chi connectivity index (χ0n) is 14.3.